The maximum absolute atomic E-state index is 12.5. The van der Waals surface area contributed by atoms with Gasteiger partial charge in [0.15, 0.2) is 0 Å². The van der Waals surface area contributed by atoms with Gasteiger partial charge in [0.05, 0.1) is 13.2 Å². The predicted molar refractivity (Wildman–Crippen MR) is 101 cm³/mol. The van der Waals surface area contributed by atoms with Crippen LogP contribution in [0.25, 0.3) is 0 Å². The highest BCUT2D eigenvalue weighted by Gasteiger charge is 2.33. The summed E-state index contributed by atoms with van der Waals surface area (Å²) in [5.74, 6) is 1.10. The Morgan fingerprint density at radius 1 is 1.04 bits per heavy atom. The molecule has 1 saturated carbocycles. The monoisotopic (exact) mass is 353 g/mol. The molecule has 26 heavy (non-hydrogen) atoms. The van der Waals surface area contributed by atoms with E-state index in [0.717, 1.165) is 24.2 Å². The zero-order valence-electron chi connectivity index (χ0n) is 14.9. The van der Waals surface area contributed by atoms with Crippen molar-refractivity contribution in [2.45, 2.75) is 25.8 Å². The normalized spacial score (nSPS) is 14.2. The third-order valence-electron chi connectivity index (χ3n) is 4.30. The molecule has 0 heterocycles. The molecule has 1 fully saturated rings. The van der Waals surface area contributed by atoms with Gasteiger partial charge < -0.3 is 20.7 Å². The minimum atomic E-state index is -0.266. The highest BCUT2D eigenvalue weighted by molar-refractivity contribution is 5.92. The van der Waals surface area contributed by atoms with E-state index in [4.69, 9.17) is 4.74 Å². The van der Waals surface area contributed by atoms with E-state index in [1.807, 2.05) is 24.3 Å². The standard InChI is InChI=1S/C20H23N3O3/c1-13(24)21-16-4-3-5-17(12-16)22-20(25)23-19(14-6-7-14)15-8-10-18(26-2)11-9-15/h3-5,8-12,14,19H,6-7H2,1-2H3,(H,21,24)(H2,22,23,25). The lowest BCUT2D eigenvalue weighted by molar-refractivity contribution is -0.114. The summed E-state index contributed by atoms with van der Waals surface area (Å²) >= 11 is 0. The van der Waals surface area contributed by atoms with Crippen LogP contribution in [0.3, 0.4) is 0 Å². The van der Waals surface area contributed by atoms with Crippen molar-refractivity contribution >= 4 is 23.3 Å². The van der Waals surface area contributed by atoms with Crippen LogP contribution in [-0.2, 0) is 4.79 Å². The van der Waals surface area contributed by atoms with E-state index in [1.165, 1.54) is 6.92 Å². The van der Waals surface area contributed by atoms with Crippen LogP contribution in [0, 0.1) is 5.92 Å². The van der Waals surface area contributed by atoms with Crippen molar-refractivity contribution in [2.75, 3.05) is 17.7 Å². The van der Waals surface area contributed by atoms with Crippen LogP contribution in [0.1, 0.15) is 31.4 Å². The number of nitrogens with one attached hydrogen (secondary N) is 3. The molecule has 2 aromatic rings. The number of carbonyl (C=O) groups excluding carboxylic acids is 2. The molecule has 1 unspecified atom stereocenters. The summed E-state index contributed by atoms with van der Waals surface area (Å²) in [5, 5.41) is 8.60. The first-order valence-electron chi connectivity index (χ1n) is 8.64. The molecular weight excluding hydrogens is 330 g/mol. The Labute approximate surface area is 152 Å². The Kier molecular flexibility index (Phi) is 5.41. The van der Waals surface area contributed by atoms with Gasteiger partial charge in [-0.2, -0.15) is 0 Å². The number of benzene rings is 2. The minimum absolute atomic E-state index is 0.0283. The molecule has 1 aliphatic carbocycles. The van der Waals surface area contributed by atoms with Gasteiger partial charge in [-0.1, -0.05) is 18.2 Å². The van der Waals surface area contributed by atoms with Gasteiger partial charge in [-0.25, -0.2) is 4.79 Å². The number of hydrogen-bond donors (Lipinski definition) is 3. The van der Waals surface area contributed by atoms with Crippen LogP contribution in [0.2, 0.25) is 0 Å². The van der Waals surface area contributed by atoms with Crippen molar-refractivity contribution in [1.82, 2.24) is 5.32 Å². The topological polar surface area (TPSA) is 79.5 Å². The summed E-state index contributed by atoms with van der Waals surface area (Å²) in [6, 6.07) is 14.5. The summed E-state index contributed by atoms with van der Waals surface area (Å²) < 4.78 is 5.19. The van der Waals surface area contributed by atoms with Crippen LogP contribution in [0.5, 0.6) is 5.75 Å². The van der Waals surface area contributed by atoms with Crippen molar-refractivity contribution in [2.24, 2.45) is 5.92 Å². The molecule has 1 atom stereocenters. The average molecular weight is 353 g/mol. The summed E-state index contributed by atoms with van der Waals surface area (Å²) in [6.45, 7) is 1.45. The van der Waals surface area contributed by atoms with Crippen molar-refractivity contribution in [3.05, 3.63) is 54.1 Å². The van der Waals surface area contributed by atoms with Gasteiger partial charge in [0.2, 0.25) is 5.91 Å². The third-order valence-corrected chi connectivity index (χ3v) is 4.30. The predicted octanol–water partition coefficient (Wildman–Crippen LogP) is 3.93. The zero-order chi connectivity index (χ0) is 18.5. The molecule has 1 aliphatic rings. The summed E-state index contributed by atoms with van der Waals surface area (Å²) in [6.07, 6.45) is 2.21. The van der Waals surface area contributed by atoms with Crippen molar-refractivity contribution < 1.29 is 14.3 Å². The van der Waals surface area contributed by atoms with E-state index in [-0.39, 0.29) is 18.0 Å². The largest absolute Gasteiger partial charge is 0.497 e. The van der Waals surface area contributed by atoms with Gasteiger partial charge in [-0.05, 0) is 54.7 Å². The van der Waals surface area contributed by atoms with E-state index < -0.39 is 0 Å². The van der Waals surface area contributed by atoms with Gasteiger partial charge >= 0.3 is 6.03 Å². The Bertz CT molecular complexity index is 785. The van der Waals surface area contributed by atoms with Gasteiger partial charge in [0.25, 0.3) is 0 Å². The fraction of sp³-hybridized carbons (Fsp3) is 0.300. The Morgan fingerprint density at radius 3 is 2.27 bits per heavy atom. The Hall–Kier alpha value is -3.02. The smallest absolute Gasteiger partial charge is 0.319 e. The molecule has 0 aromatic heterocycles. The van der Waals surface area contributed by atoms with Crippen molar-refractivity contribution in [3.63, 3.8) is 0 Å². The molecule has 3 rings (SSSR count). The molecular formula is C20H23N3O3. The SMILES string of the molecule is COc1ccc(C(NC(=O)Nc2cccc(NC(C)=O)c2)C2CC2)cc1. The zero-order valence-corrected chi connectivity index (χ0v) is 14.9. The average Bonchev–Trinajstić information content (AvgIpc) is 3.44. The molecule has 3 N–H and O–H groups in total. The number of anilines is 2. The molecule has 0 saturated heterocycles. The molecule has 0 radical (unpaired) electrons. The molecule has 0 bridgehead atoms. The number of carbonyl (C=O) groups is 2. The van der Waals surface area contributed by atoms with E-state index in [9.17, 15) is 9.59 Å². The van der Waals surface area contributed by atoms with Crippen molar-refractivity contribution in [1.29, 1.82) is 0 Å². The van der Waals surface area contributed by atoms with E-state index in [0.29, 0.717) is 17.3 Å². The first-order valence-corrected chi connectivity index (χ1v) is 8.64. The minimum Gasteiger partial charge on any atom is -0.497 e. The second-order valence-electron chi connectivity index (χ2n) is 6.45. The lowest BCUT2D eigenvalue weighted by Gasteiger charge is -2.19. The first-order chi connectivity index (χ1) is 12.5. The molecule has 2 aromatic carbocycles. The molecule has 6 heteroatoms. The maximum Gasteiger partial charge on any atom is 0.319 e. The Morgan fingerprint density at radius 2 is 1.69 bits per heavy atom. The number of ether oxygens (including phenoxy) is 1. The van der Waals surface area contributed by atoms with Crippen LogP contribution < -0.4 is 20.7 Å². The highest BCUT2D eigenvalue weighted by Crippen LogP contribution is 2.41. The summed E-state index contributed by atoms with van der Waals surface area (Å²) in [7, 11) is 1.63. The van der Waals surface area contributed by atoms with Crippen LogP contribution in [0.4, 0.5) is 16.2 Å². The van der Waals surface area contributed by atoms with Gasteiger partial charge in [0, 0.05) is 18.3 Å². The number of amides is 3. The fourth-order valence-electron chi connectivity index (χ4n) is 2.90. The van der Waals surface area contributed by atoms with Crippen LogP contribution >= 0.6 is 0 Å². The number of hydrogen-bond acceptors (Lipinski definition) is 3. The van der Waals surface area contributed by atoms with Gasteiger partial charge in [0.1, 0.15) is 5.75 Å². The van der Waals surface area contributed by atoms with E-state index in [1.54, 1.807) is 31.4 Å². The third kappa shape index (κ3) is 4.75. The number of methoxy groups -OCH3 is 1. The summed E-state index contributed by atoms with van der Waals surface area (Å²) in [5.41, 5.74) is 2.33. The highest BCUT2D eigenvalue weighted by atomic mass is 16.5. The van der Waals surface area contributed by atoms with E-state index >= 15 is 0 Å². The lowest BCUT2D eigenvalue weighted by atomic mass is 10.0. The molecule has 3 amide bonds. The summed E-state index contributed by atoms with van der Waals surface area (Å²) in [4.78, 5) is 23.6. The van der Waals surface area contributed by atoms with Gasteiger partial charge in [-0.3, -0.25) is 4.79 Å². The fourth-order valence-corrected chi connectivity index (χ4v) is 2.90. The second kappa shape index (κ2) is 7.91. The number of urea groups is 1. The maximum atomic E-state index is 12.5. The first kappa shape index (κ1) is 17.8. The number of rotatable bonds is 6. The molecule has 6 nitrogen and oxygen atoms in total. The Balaban J connectivity index is 1.66. The van der Waals surface area contributed by atoms with E-state index in [2.05, 4.69) is 16.0 Å². The molecule has 0 spiro atoms. The van der Waals surface area contributed by atoms with Crippen LogP contribution in [0.15, 0.2) is 48.5 Å². The second-order valence-corrected chi connectivity index (χ2v) is 6.45. The van der Waals surface area contributed by atoms with Gasteiger partial charge in [-0.15, -0.1) is 0 Å². The molecule has 0 aliphatic heterocycles. The quantitative estimate of drug-likeness (QED) is 0.736. The molecule has 136 valence electrons. The van der Waals surface area contributed by atoms with Crippen LogP contribution in [-0.4, -0.2) is 19.0 Å². The lowest BCUT2D eigenvalue weighted by Crippen LogP contribution is -2.33. The van der Waals surface area contributed by atoms with Crippen molar-refractivity contribution in [3.8, 4) is 5.75 Å².